The molecule has 0 aromatic carbocycles. The third kappa shape index (κ3) is 2.53. The van der Waals surface area contributed by atoms with Crippen molar-refractivity contribution in [2.45, 2.75) is 12.5 Å². The van der Waals surface area contributed by atoms with Gasteiger partial charge in [-0.15, -0.1) is 0 Å². The van der Waals surface area contributed by atoms with Crippen LogP contribution in [0.2, 0.25) is 0 Å². The van der Waals surface area contributed by atoms with Crippen LogP contribution in [0.3, 0.4) is 0 Å². The molecule has 0 N–H and O–H groups in total. The Labute approximate surface area is 80.1 Å². The van der Waals surface area contributed by atoms with Gasteiger partial charge < -0.3 is 9.15 Å². The van der Waals surface area contributed by atoms with E-state index in [-0.39, 0.29) is 6.42 Å². The van der Waals surface area contributed by atoms with Gasteiger partial charge in [0, 0.05) is 11.3 Å². The number of furan rings is 1. The van der Waals surface area contributed by atoms with Crippen LogP contribution < -0.4 is 0 Å². The van der Waals surface area contributed by atoms with Crippen LogP contribution in [-0.2, 0) is 16.0 Å². The Bertz CT molecular complexity index is 341. The Balaban J connectivity index is 2.69. The molecule has 0 amide bonds. The Morgan fingerprint density at radius 2 is 2.64 bits per heavy atom. The molecule has 1 atom stereocenters. The van der Waals surface area contributed by atoms with Gasteiger partial charge >= 0.3 is 5.97 Å². The van der Waals surface area contributed by atoms with Crippen LogP contribution in [0.5, 0.6) is 0 Å². The molecule has 0 aliphatic heterocycles. The molecular weight excluding hydrogens is 186 g/mol. The lowest BCUT2D eigenvalue weighted by Gasteiger charge is -2.05. The molecule has 74 valence electrons. The monoisotopic (exact) mass is 195 g/mol. The molecule has 0 aliphatic carbocycles. The van der Waals surface area contributed by atoms with Gasteiger partial charge in [-0.3, -0.25) is 4.79 Å². The summed E-state index contributed by atoms with van der Waals surface area (Å²) in [7, 11) is 1.24. The highest BCUT2D eigenvalue weighted by Crippen LogP contribution is 2.08. The van der Waals surface area contributed by atoms with E-state index in [1.807, 2.05) is 0 Å². The second-order valence-corrected chi connectivity index (χ2v) is 2.53. The zero-order valence-corrected chi connectivity index (χ0v) is 7.58. The number of esters is 1. The number of hydrogen-bond donors (Lipinski definition) is 0. The number of azide groups is 1. The van der Waals surface area contributed by atoms with Crippen LogP contribution in [0.4, 0.5) is 0 Å². The molecule has 6 nitrogen and oxygen atoms in total. The summed E-state index contributed by atoms with van der Waals surface area (Å²) in [5.41, 5.74) is 8.23. The molecule has 0 saturated carbocycles. The molecule has 1 aromatic heterocycles. The first kappa shape index (κ1) is 10.1. The molecule has 0 fully saturated rings. The maximum Gasteiger partial charge on any atom is 0.315 e. The predicted molar refractivity (Wildman–Crippen MR) is 47.4 cm³/mol. The van der Waals surface area contributed by atoms with Crippen LogP contribution in [0, 0.1) is 0 Å². The van der Waals surface area contributed by atoms with Crippen molar-refractivity contribution in [3.05, 3.63) is 34.6 Å². The first-order valence-corrected chi connectivity index (χ1v) is 3.92. The van der Waals surface area contributed by atoms with Gasteiger partial charge in [-0.2, -0.15) is 0 Å². The van der Waals surface area contributed by atoms with E-state index >= 15 is 0 Å². The van der Waals surface area contributed by atoms with E-state index in [2.05, 4.69) is 14.8 Å². The van der Waals surface area contributed by atoms with E-state index in [0.717, 1.165) is 0 Å². The number of carbonyl (C=O) groups is 1. The SMILES string of the molecule is COC(=O)C(Cc1ccco1)N=[N+]=[N-]. The van der Waals surface area contributed by atoms with E-state index in [1.165, 1.54) is 13.4 Å². The average Bonchev–Trinajstić information content (AvgIpc) is 2.68. The number of rotatable bonds is 4. The van der Waals surface area contributed by atoms with Gasteiger partial charge in [0.2, 0.25) is 0 Å². The summed E-state index contributed by atoms with van der Waals surface area (Å²) in [4.78, 5) is 13.7. The minimum atomic E-state index is -0.865. The third-order valence-electron chi connectivity index (χ3n) is 1.64. The first-order chi connectivity index (χ1) is 6.77. The van der Waals surface area contributed by atoms with Gasteiger partial charge in [-0.05, 0) is 17.7 Å². The zero-order valence-electron chi connectivity index (χ0n) is 7.58. The molecule has 0 saturated heterocycles. The normalized spacial score (nSPS) is 11.5. The molecule has 1 heterocycles. The largest absolute Gasteiger partial charge is 0.469 e. The molecule has 0 radical (unpaired) electrons. The number of carbonyl (C=O) groups excluding carboxylic acids is 1. The maximum atomic E-state index is 11.1. The lowest BCUT2D eigenvalue weighted by Crippen LogP contribution is -2.21. The number of hydrogen-bond acceptors (Lipinski definition) is 4. The van der Waals surface area contributed by atoms with Gasteiger partial charge in [0.25, 0.3) is 0 Å². The van der Waals surface area contributed by atoms with Crippen LogP contribution in [0.1, 0.15) is 5.76 Å². The average molecular weight is 195 g/mol. The van der Waals surface area contributed by atoms with E-state index in [0.29, 0.717) is 5.76 Å². The van der Waals surface area contributed by atoms with Crippen LogP contribution in [0.15, 0.2) is 27.9 Å². The number of ether oxygens (including phenoxy) is 1. The molecule has 0 spiro atoms. The molecule has 1 aromatic rings. The van der Waals surface area contributed by atoms with E-state index in [4.69, 9.17) is 9.95 Å². The fraction of sp³-hybridized carbons (Fsp3) is 0.375. The molecule has 14 heavy (non-hydrogen) atoms. The molecule has 0 bridgehead atoms. The van der Waals surface area contributed by atoms with Crippen LogP contribution in [0.25, 0.3) is 10.4 Å². The quantitative estimate of drug-likeness (QED) is 0.317. The first-order valence-electron chi connectivity index (χ1n) is 3.92. The van der Waals surface area contributed by atoms with Crippen molar-refractivity contribution in [1.82, 2.24) is 0 Å². The van der Waals surface area contributed by atoms with Gasteiger partial charge in [0.1, 0.15) is 11.8 Å². The summed E-state index contributed by atoms with van der Waals surface area (Å²) in [6.07, 6.45) is 1.70. The molecule has 1 rings (SSSR count). The topological polar surface area (TPSA) is 88.2 Å². The highest BCUT2D eigenvalue weighted by molar-refractivity contribution is 5.76. The summed E-state index contributed by atoms with van der Waals surface area (Å²) in [6.45, 7) is 0. The standard InChI is InChI=1S/C8H9N3O3/c1-13-8(12)7(10-11-9)5-6-3-2-4-14-6/h2-4,7H,5H2,1H3. The van der Waals surface area contributed by atoms with Crippen LogP contribution in [-0.4, -0.2) is 19.1 Å². The van der Waals surface area contributed by atoms with Gasteiger partial charge in [-0.25, -0.2) is 0 Å². The van der Waals surface area contributed by atoms with Crippen molar-refractivity contribution in [3.63, 3.8) is 0 Å². The minimum Gasteiger partial charge on any atom is -0.469 e. The Hall–Kier alpha value is -1.94. The number of methoxy groups -OCH3 is 1. The van der Waals surface area contributed by atoms with Gasteiger partial charge in [0.15, 0.2) is 0 Å². The van der Waals surface area contributed by atoms with E-state index in [9.17, 15) is 4.79 Å². The van der Waals surface area contributed by atoms with Gasteiger partial charge in [-0.1, -0.05) is 5.11 Å². The van der Waals surface area contributed by atoms with Crippen molar-refractivity contribution in [2.24, 2.45) is 5.11 Å². The fourth-order valence-corrected chi connectivity index (χ4v) is 0.989. The summed E-state index contributed by atoms with van der Waals surface area (Å²) >= 11 is 0. The summed E-state index contributed by atoms with van der Waals surface area (Å²) in [6, 6.07) is 2.53. The van der Waals surface area contributed by atoms with Crippen molar-refractivity contribution in [1.29, 1.82) is 0 Å². The molecule has 6 heteroatoms. The van der Waals surface area contributed by atoms with Crippen molar-refractivity contribution >= 4 is 5.97 Å². The lowest BCUT2D eigenvalue weighted by molar-refractivity contribution is -0.142. The fourth-order valence-electron chi connectivity index (χ4n) is 0.989. The Morgan fingerprint density at radius 3 is 3.14 bits per heavy atom. The van der Waals surface area contributed by atoms with E-state index in [1.54, 1.807) is 12.1 Å². The second-order valence-electron chi connectivity index (χ2n) is 2.53. The third-order valence-corrected chi connectivity index (χ3v) is 1.64. The Morgan fingerprint density at radius 1 is 1.86 bits per heavy atom. The Kier molecular flexibility index (Phi) is 3.58. The summed E-state index contributed by atoms with van der Waals surface area (Å²) in [5.74, 6) is 0.00648. The highest BCUT2D eigenvalue weighted by atomic mass is 16.5. The molecule has 1 unspecified atom stereocenters. The van der Waals surface area contributed by atoms with Crippen molar-refractivity contribution < 1.29 is 13.9 Å². The zero-order chi connectivity index (χ0) is 10.4. The maximum absolute atomic E-state index is 11.1. The number of nitrogens with zero attached hydrogens (tertiary/aromatic N) is 3. The van der Waals surface area contributed by atoms with Crippen LogP contribution >= 0.6 is 0 Å². The predicted octanol–water partition coefficient (Wildman–Crippen LogP) is 1.67. The molecule has 0 aliphatic rings. The van der Waals surface area contributed by atoms with E-state index < -0.39 is 12.0 Å². The summed E-state index contributed by atoms with van der Waals surface area (Å²) in [5, 5.41) is 3.32. The molecular formula is C8H9N3O3. The smallest absolute Gasteiger partial charge is 0.315 e. The second kappa shape index (κ2) is 4.94. The van der Waals surface area contributed by atoms with Crippen molar-refractivity contribution in [2.75, 3.05) is 7.11 Å². The summed E-state index contributed by atoms with van der Waals surface area (Å²) < 4.78 is 9.48. The van der Waals surface area contributed by atoms with Gasteiger partial charge in [0.05, 0.1) is 13.4 Å². The minimum absolute atomic E-state index is 0.212. The lowest BCUT2D eigenvalue weighted by atomic mass is 10.2. The van der Waals surface area contributed by atoms with Crippen molar-refractivity contribution in [3.8, 4) is 0 Å². The highest BCUT2D eigenvalue weighted by Gasteiger charge is 2.18.